The summed E-state index contributed by atoms with van der Waals surface area (Å²) in [5.74, 6) is 5.82. The van der Waals surface area contributed by atoms with Crippen LogP contribution >= 0.6 is 0 Å². The van der Waals surface area contributed by atoms with Gasteiger partial charge in [-0.15, -0.1) is 6.42 Å². The van der Waals surface area contributed by atoms with Gasteiger partial charge in [-0.25, -0.2) is 0 Å². The fourth-order valence-electron chi connectivity index (χ4n) is 9.06. The zero-order chi connectivity index (χ0) is 32.7. The molecule has 6 unspecified atom stereocenters. The number of aliphatic hydroxyl groups is 1. The van der Waals surface area contributed by atoms with Crippen molar-refractivity contribution in [3.63, 3.8) is 0 Å². The van der Waals surface area contributed by atoms with E-state index in [1.54, 1.807) is 17.7 Å². The summed E-state index contributed by atoms with van der Waals surface area (Å²) in [6, 6.07) is 12.4. The molecule has 3 aromatic rings. The Labute approximate surface area is 271 Å². The number of carbonyl (C=O) groups excluding carboxylic acids is 1. The van der Waals surface area contributed by atoms with Crippen molar-refractivity contribution in [1.29, 1.82) is 0 Å². The Kier molecular flexibility index (Phi) is 8.37. The van der Waals surface area contributed by atoms with Crippen LogP contribution in [0.3, 0.4) is 0 Å². The Morgan fingerprint density at radius 3 is 2.57 bits per heavy atom. The third kappa shape index (κ3) is 5.23. The molecule has 4 aliphatic rings. The number of fused-ring (bicyclic) bond motifs is 6. The first kappa shape index (κ1) is 31.7. The summed E-state index contributed by atoms with van der Waals surface area (Å²) in [5.41, 5.74) is 3.01. The van der Waals surface area contributed by atoms with Crippen molar-refractivity contribution >= 4 is 17.9 Å². The molecule has 0 aliphatic heterocycles. The largest absolute Gasteiger partial charge is 0.507 e. The van der Waals surface area contributed by atoms with Gasteiger partial charge in [0.1, 0.15) is 28.4 Å². The van der Waals surface area contributed by atoms with E-state index in [-0.39, 0.29) is 33.7 Å². The van der Waals surface area contributed by atoms with Gasteiger partial charge in [0.25, 0.3) is 0 Å². The van der Waals surface area contributed by atoms with Crippen LogP contribution in [0.4, 0.5) is 0 Å². The summed E-state index contributed by atoms with van der Waals surface area (Å²) >= 11 is 0. The maximum atomic E-state index is 12.3. The molecule has 3 fully saturated rings. The SMILES string of the molecule is C#CC1(O)CCC2C3CCC4=Cc5oncc5CC4(C)C3CCC21C.COc1cc(O)c(C(=O)C=Cc2ccccc2)c(OC)c1. The number of ether oxygens (including phenoxy) is 2. The molecule has 7 nitrogen and oxygen atoms in total. The molecule has 7 heteroatoms. The van der Waals surface area contributed by atoms with Crippen molar-refractivity contribution in [1.82, 2.24) is 5.16 Å². The van der Waals surface area contributed by atoms with E-state index in [1.807, 2.05) is 36.5 Å². The maximum Gasteiger partial charge on any atom is 0.193 e. The quantitative estimate of drug-likeness (QED) is 0.173. The molecule has 1 aromatic heterocycles. The monoisotopic (exact) mass is 621 g/mol. The second-order valence-electron chi connectivity index (χ2n) is 13.7. The lowest BCUT2D eigenvalue weighted by Gasteiger charge is -2.58. The average molecular weight is 622 g/mol. The molecule has 0 spiro atoms. The lowest BCUT2D eigenvalue weighted by Crippen LogP contribution is -2.54. The number of ketones is 1. The fourth-order valence-corrected chi connectivity index (χ4v) is 9.06. The minimum absolute atomic E-state index is 0.114. The minimum atomic E-state index is -0.909. The van der Waals surface area contributed by atoms with Gasteiger partial charge in [-0.1, -0.05) is 66.9 Å². The number of terminal acetylenes is 1. The molecule has 2 N–H and O–H groups in total. The van der Waals surface area contributed by atoms with Crippen molar-refractivity contribution in [3.8, 4) is 29.6 Å². The van der Waals surface area contributed by atoms with Gasteiger partial charge in [0.2, 0.25) is 0 Å². The number of rotatable bonds is 5. The highest BCUT2D eigenvalue weighted by Crippen LogP contribution is 2.67. The smallest absolute Gasteiger partial charge is 0.193 e. The minimum Gasteiger partial charge on any atom is -0.507 e. The fraction of sp³-hybridized carbons (Fsp3) is 0.436. The zero-order valence-corrected chi connectivity index (χ0v) is 27.1. The summed E-state index contributed by atoms with van der Waals surface area (Å²) in [5, 5.41) is 25.1. The molecule has 1 heterocycles. The number of aromatic hydroxyl groups is 1. The van der Waals surface area contributed by atoms with E-state index in [0.717, 1.165) is 49.8 Å². The van der Waals surface area contributed by atoms with Gasteiger partial charge >= 0.3 is 0 Å². The van der Waals surface area contributed by atoms with E-state index in [2.05, 4.69) is 31.0 Å². The van der Waals surface area contributed by atoms with Crippen LogP contribution in [0, 0.1) is 40.9 Å². The highest BCUT2D eigenvalue weighted by atomic mass is 16.5. The van der Waals surface area contributed by atoms with Crippen molar-refractivity contribution in [2.45, 2.75) is 64.4 Å². The van der Waals surface area contributed by atoms with E-state index in [4.69, 9.17) is 20.4 Å². The van der Waals surface area contributed by atoms with Crippen molar-refractivity contribution in [2.75, 3.05) is 14.2 Å². The zero-order valence-electron chi connectivity index (χ0n) is 27.1. The Hall–Kier alpha value is -4.28. The van der Waals surface area contributed by atoms with Gasteiger partial charge in [-0.05, 0) is 85.8 Å². The average Bonchev–Trinajstić information content (AvgIpc) is 3.63. The number of hydrogen-bond acceptors (Lipinski definition) is 7. The van der Waals surface area contributed by atoms with Crippen molar-refractivity contribution < 1.29 is 29.0 Å². The van der Waals surface area contributed by atoms with Crippen LogP contribution < -0.4 is 9.47 Å². The second-order valence-corrected chi connectivity index (χ2v) is 13.7. The number of methoxy groups -OCH3 is 2. The highest BCUT2D eigenvalue weighted by Gasteiger charge is 2.63. The van der Waals surface area contributed by atoms with Gasteiger partial charge in [0.15, 0.2) is 11.5 Å². The molecule has 0 radical (unpaired) electrons. The summed E-state index contributed by atoms with van der Waals surface area (Å²) < 4.78 is 15.6. The summed E-state index contributed by atoms with van der Waals surface area (Å²) in [4.78, 5) is 12.3. The standard InChI is InChI=1S/C22H27NO2.C17H16O4/c1-4-22(24)10-8-18-16-6-5-15-11-19-14(13-23-25-19)12-20(15,2)17(16)7-9-21(18,22)3;1-20-13-10-15(19)17(16(11-13)21-2)14(18)9-8-12-6-4-3-5-7-12/h1,11,13,16-18,24H,5-10,12H2,2-3H3;3-11,19H,1-2H3. The van der Waals surface area contributed by atoms with Gasteiger partial charge in [-0.2, -0.15) is 0 Å². The number of phenols is 1. The van der Waals surface area contributed by atoms with Gasteiger partial charge < -0.3 is 24.2 Å². The van der Waals surface area contributed by atoms with E-state index >= 15 is 0 Å². The number of allylic oxidation sites excluding steroid dienone is 2. The summed E-state index contributed by atoms with van der Waals surface area (Å²) in [6.07, 6.45) is 20.5. The molecule has 240 valence electrons. The number of phenolic OH excluding ortho intramolecular Hbond substituents is 1. The van der Waals surface area contributed by atoms with Crippen molar-refractivity contribution in [2.24, 2.45) is 28.6 Å². The topological polar surface area (TPSA) is 102 Å². The Morgan fingerprint density at radius 1 is 1.09 bits per heavy atom. The van der Waals surface area contributed by atoms with Crippen LogP contribution in [0.1, 0.15) is 79.6 Å². The normalized spacial score (nSPS) is 30.8. The first-order valence-corrected chi connectivity index (χ1v) is 16.1. The van der Waals surface area contributed by atoms with E-state index in [0.29, 0.717) is 23.5 Å². The predicted octanol–water partition coefficient (Wildman–Crippen LogP) is 7.53. The lowest BCUT2D eigenvalue weighted by atomic mass is 9.46. The predicted molar refractivity (Wildman–Crippen MR) is 177 cm³/mol. The second kappa shape index (κ2) is 12.1. The molecule has 46 heavy (non-hydrogen) atoms. The van der Waals surface area contributed by atoms with Crippen LogP contribution in [-0.2, 0) is 6.42 Å². The molecule has 0 bridgehead atoms. The maximum absolute atomic E-state index is 12.3. The van der Waals surface area contributed by atoms with Crippen LogP contribution in [0.5, 0.6) is 17.2 Å². The summed E-state index contributed by atoms with van der Waals surface area (Å²) in [6.45, 7) is 4.71. The molecule has 3 saturated carbocycles. The van der Waals surface area contributed by atoms with Gasteiger partial charge in [-0.3, -0.25) is 4.79 Å². The van der Waals surface area contributed by atoms with Crippen LogP contribution in [0.15, 0.2) is 64.8 Å². The van der Waals surface area contributed by atoms with E-state index < -0.39 is 5.60 Å². The first-order chi connectivity index (χ1) is 22.1. The van der Waals surface area contributed by atoms with Crippen LogP contribution in [-0.4, -0.2) is 41.0 Å². The third-order valence-electron chi connectivity index (χ3n) is 11.6. The number of hydrogen-bond donors (Lipinski definition) is 2. The number of aromatic nitrogens is 1. The first-order valence-electron chi connectivity index (χ1n) is 16.1. The van der Waals surface area contributed by atoms with E-state index in [9.17, 15) is 15.0 Å². The summed E-state index contributed by atoms with van der Waals surface area (Å²) in [7, 11) is 2.91. The van der Waals surface area contributed by atoms with E-state index in [1.165, 1.54) is 38.3 Å². The van der Waals surface area contributed by atoms with Crippen LogP contribution in [0.25, 0.3) is 12.2 Å². The van der Waals surface area contributed by atoms with Crippen molar-refractivity contribution in [3.05, 3.63) is 82.8 Å². The molecule has 6 atom stereocenters. The number of benzene rings is 2. The Bertz CT molecular complexity index is 1720. The molecule has 0 amide bonds. The Balaban J connectivity index is 0.000000165. The highest BCUT2D eigenvalue weighted by molar-refractivity contribution is 6.10. The van der Waals surface area contributed by atoms with Gasteiger partial charge in [0, 0.05) is 23.1 Å². The van der Waals surface area contributed by atoms with Gasteiger partial charge in [0.05, 0.1) is 20.4 Å². The number of carbonyl (C=O) groups is 1. The molecule has 7 rings (SSSR count). The Morgan fingerprint density at radius 2 is 1.85 bits per heavy atom. The third-order valence-corrected chi connectivity index (χ3v) is 11.6. The molecular weight excluding hydrogens is 578 g/mol. The number of nitrogens with zero attached hydrogens (tertiary/aromatic N) is 1. The molecule has 4 aliphatic carbocycles. The lowest BCUT2D eigenvalue weighted by molar-refractivity contribution is -0.0975. The molecule has 0 saturated heterocycles. The molecule has 2 aromatic carbocycles. The molecular formula is C39H43NO6. The van der Waals surface area contributed by atoms with Crippen LogP contribution in [0.2, 0.25) is 0 Å².